The average molecular weight is 723 g/mol. The van der Waals surface area contributed by atoms with Gasteiger partial charge in [-0.25, -0.2) is 9.78 Å². The van der Waals surface area contributed by atoms with Gasteiger partial charge in [0.05, 0.1) is 25.2 Å². The fourth-order valence-corrected chi connectivity index (χ4v) is 7.97. The molecule has 6 N–H and O–H groups in total. The van der Waals surface area contributed by atoms with Crippen LogP contribution in [-0.4, -0.2) is 125 Å². The highest BCUT2D eigenvalue weighted by Gasteiger charge is 2.45. The van der Waals surface area contributed by atoms with Crippen molar-refractivity contribution in [1.82, 2.24) is 50.0 Å². The van der Waals surface area contributed by atoms with E-state index in [4.69, 9.17) is 15.0 Å². The van der Waals surface area contributed by atoms with Gasteiger partial charge in [0, 0.05) is 44.2 Å². The third-order valence-corrected chi connectivity index (χ3v) is 10.8. The lowest BCUT2D eigenvalue weighted by Gasteiger charge is -2.22. The molecular formula is C37H46N12O4. The number of benzene rings is 2. The monoisotopic (exact) mass is 722 g/mol. The van der Waals surface area contributed by atoms with Gasteiger partial charge in [-0.1, -0.05) is 60.7 Å². The number of likely N-dealkylation sites (N-methyl/N-ethyl adjacent to an activating group) is 1. The molecule has 16 nitrogen and oxygen atoms in total. The van der Waals surface area contributed by atoms with Gasteiger partial charge in [0.1, 0.15) is 23.9 Å². The quantitative estimate of drug-likeness (QED) is 0.116. The van der Waals surface area contributed by atoms with Gasteiger partial charge in [-0.2, -0.15) is 25.0 Å². The molecule has 2 aromatic carbocycles. The Morgan fingerprint density at radius 2 is 1.58 bits per heavy atom. The van der Waals surface area contributed by atoms with E-state index in [0.29, 0.717) is 54.7 Å². The highest BCUT2D eigenvalue weighted by atomic mass is 16.3. The Balaban J connectivity index is 1.09. The van der Waals surface area contributed by atoms with Crippen molar-refractivity contribution in [1.29, 1.82) is 0 Å². The van der Waals surface area contributed by atoms with Crippen molar-refractivity contribution in [2.45, 2.75) is 68.2 Å². The maximum Gasteiger partial charge on any atom is 0.315 e. The molecule has 6 atom stereocenters. The van der Waals surface area contributed by atoms with E-state index in [1.54, 1.807) is 10.9 Å². The number of carbonyl (C=O) groups excluding carboxylic acids is 1. The van der Waals surface area contributed by atoms with Crippen LogP contribution in [0.15, 0.2) is 73.2 Å². The van der Waals surface area contributed by atoms with Crippen molar-refractivity contribution in [2.24, 2.45) is 0 Å². The SMILES string of the molecule is CN1CC[C@@H](NC(=O)N[C@@H]2CCN(c3nc(NCC(c4ccccc4)c4ccccc4)c4ncn([C@@H]5C[C@H](n6ncc(CO)n6)[C@@H](O)[C@H]5O)c4n3)C2)C1. The van der Waals surface area contributed by atoms with E-state index in [1.165, 1.54) is 11.0 Å². The van der Waals surface area contributed by atoms with Crippen LogP contribution >= 0.6 is 0 Å². The molecule has 0 unspecified atom stereocenters. The molecule has 8 rings (SSSR count). The summed E-state index contributed by atoms with van der Waals surface area (Å²) in [5, 5.41) is 50.4. The van der Waals surface area contributed by atoms with Gasteiger partial charge in [-0.05, 0) is 44.0 Å². The zero-order valence-electron chi connectivity index (χ0n) is 29.6. The number of anilines is 2. The molecule has 3 aliphatic rings. The molecule has 53 heavy (non-hydrogen) atoms. The summed E-state index contributed by atoms with van der Waals surface area (Å²) >= 11 is 0. The summed E-state index contributed by atoms with van der Waals surface area (Å²) in [6.07, 6.45) is 2.74. The predicted molar refractivity (Wildman–Crippen MR) is 197 cm³/mol. The van der Waals surface area contributed by atoms with Crippen molar-refractivity contribution in [3.8, 4) is 0 Å². The van der Waals surface area contributed by atoms with E-state index in [-0.39, 0.29) is 30.6 Å². The van der Waals surface area contributed by atoms with Crippen molar-refractivity contribution in [3.63, 3.8) is 0 Å². The second-order valence-corrected chi connectivity index (χ2v) is 14.4. The fraction of sp³-hybridized carbons (Fsp3) is 0.459. The highest BCUT2D eigenvalue weighted by molar-refractivity contribution is 5.84. The zero-order chi connectivity index (χ0) is 36.5. The van der Waals surface area contributed by atoms with Gasteiger partial charge in [0.2, 0.25) is 5.95 Å². The van der Waals surface area contributed by atoms with E-state index in [2.05, 4.69) is 67.3 Å². The highest BCUT2D eigenvalue weighted by Crippen LogP contribution is 2.40. The normalized spacial score (nSPS) is 24.7. The van der Waals surface area contributed by atoms with E-state index >= 15 is 0 Å². The molecule has 278 valence electrons. The Labute approximate surface area is 306 Å². The van der Waals surface area contributed by atoms with Crippen LogP contribution in [0.4, 0.5) is 16.6 Å². The lowest BCUT2D eigenvalue weighted by atomic mass is 9.91. The van der Waals surface area contributed by atoms with Gasteiger partial charge in [0.15, 0.2) is 17.0 Å². The van der Waals surface area contributed by atoms with Gasteiger partial charge in [0.25, 0.3) is 0 Å². The molecule has 0 bridgehead atoms. The van der Waals surface area contributed by atoms with Gasteiger partial charge >= 0.3 is 6.03 Å². The number of hydrogen-bond donors (Lipinski definition) is 6. The minimum Gasteiger partial charge on any atom is -0.390 e. The van der Waals surface area contributed by atoms with E-state index in [0.717, 1.165) is 37.1 Å². The number of carbonyl (C=O) groups is 1. The Morgan fingerprint density at radius 3 is 2.25 bits per heavy atom. The number of fused-ring (bicyclic) bond motifs is 1. The first kappa shape index (κ1) is 34.9. The minimum absolute atomic E-state index is 0.0180. The number of imidazole rings is 1. The van der Waals surface area contributed by atoms with Crippen molar-refractivity contribution >= 4 is 29.0 Å². The zero-order valence-corrected chi connectivity index (χ0v) is 29.6. The molecule has 2 aliphatic heterocycles. The third-order valence-electron chi connectivity index (χ3n) is 10.8. The number of amides is 2. The van der Waals surface area contributed by atoms with Gasteiger partial charge in [-0.15, -0.1) is 0 Å². The topological polar surface area (TPSA) is 195 Å². The number of aliphatic hydroxyl groups is 3. The summed E-state index contributed by atoms with van der Waals surface area (Å²) in [6, 6.07) is 19.3. The second-order valence-electron chi connectivity index (χ2n) is 14.4. The lowest BCUT2D eigenvalue weighted by Crippen LogP contribution is -2.47. The largest absolute Gasteiger partial charge is 0.390 e. The van der Waals surface area contributed by atoms with Crippen LogP contribution in [0.5, 0.6) is 0 Å². The van der Waals surface area contributed by atoms with Crippen LogP contribution in [0.3, 0.4) is 0 Å². The van der Waals surface area contributed by atoms with Crippen LogP contribution < -0.4 is 20.9 Å². The van der Waals surface area contributed by atoms with E-state index in [1.807, 2.05) is 36.4 Å². The van der Waals surface area contributed by atoms with Gasteiger partial charge < -0.3 is 45.6 Å². The summed E-state index contributed by atoms with van der Waals surface area (Å²) < 4.78 is 1.81. The molecule has 2 saturated heterocycles. The van der Waals surface area contributed by atoms with Crippen molar-refractivity contribution in [2.75, 3.05) is 50.0 Å². The van der Waals surface area contributed by atoms with Gasteiger partial charge in [-0.3, -0.25) is 0 Å². The summed E-state index contributed by atoms with van der Waals surface area (Å²) in [5.41, 5.74) is 3.73. The predicted octanol–water partition coefficient (Wildman–Crippen LogP) is 1.64. The number of likely N-dealkylation sites (tertiary alicyclic amines) is 1. The van der Waals surface area contributed by atoms with Crippen LogP contribution in [0.2, 0.25) is 0 Å². The third kappa shape index (κ3) is 7.27. The molecule has 1 aliphatic carbocycles. The maximum absolute atomic E-state index is 12.9. The molecule has 1 saturated carbocycles. The molecule has 0 spiro atoms. The number of aliphatic hydroxyl groups excluding tert-OH is 3. The van der Waals surface area contributed by atoms with Crippen molar-refractivity contribution in [3.05, 3.63) is 90.0 Å². The number of nitrogens with zero attached hydrogens (tertiary/aromatic N) is 9. The Kier molecular flexibility index (Phi) is 9.92. The Hall–Kier alpha value is -5.16. The molecule has 2 amide bonds. The van der Waals surface area contributed by atoms with Crippen LogP contribution in [0, 0.1) is 0 Å². The second kappa shape index (κ2) is 15.1. The summed E-state index contributed by atoms with van der Waals surface area (Å²) in [4.78, 5) is 33.3. The minimum atomic E-state index is -1.16. The maximum atomic E-state index is 12.9. The molecule has 3 aromatic heterocycles. The van der Waals surface area contributed by atoms with E-state index < -0.39 is 24.3 Å². The average Bonchev–Trinajstić information content (AvgIpc) is 4.03. The molecule has 5 aromatic rings. The van der Waals surface area contributed by atoms with Crippen LogP contribution in [0.25, 0.3) is 11.2 Å². The standard InChI is InChI=1S/C37H46N12O4/c1-46-14-12-25(19-46)41-37(53)42-26-13-15-47(20-26)36-43-34(38-18-28(23-8-4-2-5-9-23)24-10-6-3-7-11-24)31-35(44-36)48(22-39-31)29-16-30(33(52)32(29)51)49-40-17-27(21-50)45-49/h2-11,17,22,25-26,28-30,32-33,50-52H,12-16,18-21H2,1H3,(H,38,43,44)(H2,41,42,53)/t25-,26-,29-,30+,32+,33-/m1/s1. The van der Waals surface area contributed by atoms with Crippen LogP contribution in [-0.2, 0) is 6.61 Å². The summed E-state index contributed by atoms with van der Waals surface area (Å²) in [5.74, 6) is 1.04. The number of hydrogen-bond acceptors (Lipinski definition) is 12. The molecule has 3 fully saturated rings. The lowest BCUT2D eigenvalue weighted by molar-refractivity contribution is 0.00491. The molecule has 5 heterocycles. The number of rotatable bonds is 11. The molecular weight excluding hydrogens is 676 g/mol. The first-order valence-electron chi connectivity index (χ1n) is 18.3. The first-order valence-corrected chi connectivity index (χ1v) is 18.3. The van der Waals surface area contributed by atoms with E-state index in [9.17, 15) is 20.1 Å². The molecule has 0 radical (unpaired) electrons. The summed E-state index contributed by atoms with van der Waals surface area (Å²) in [7, 11) is 2.06. The van der Waals surface area contributed by atoms with Crippen LogP contribution in [0.1, 0.15) is 54.1 Å². The Morgan fingerprint density at radius 1 is 0.906 bits per heavy atom. The fourth-order valence-electron chi connectivity index (χ4n) is 7.97. The summed E-state index contributed by atoms with van der Waals surface area (Å²) in [6.45, 7) is 3.22. The van der Waals surface area contributed by atoms with Crippen molar-refractivity contribution < 1.29 is 20.1 Å². The Bertz CT molecular complexity index is 1970. The number of aromatic nitrogens is 7. The molecule has 16 heteroatoms. The first-order chi connectivity index (χ1) is 25.8. The number of urea groups is 1. The number of nitrogens with one attached hydrogen (secondary N) is 3. The smallest absolute Gasteiger partial charge is 0.315 e.